The molecule has 4 heteroatoms. The van der Waals surface area contributed by atoms with Crippen molar-refractivity contribution in [2.24, 2.45) is 0 Å². The van der Waals surface area contributed by atoms with Crippen LogP contribution in [0.4, 0.5) is 0 Å². The second kappa shape index (κ2) is 4.00. The molecule has 0 aliphatic carbocycles. The third kappa shape index (κ3) is 4.23. The lowest BCUT2D eigenvalue weighted by molar-refractivity contribution is 0.409. The standard InChI is InChI=1S/C4H11NO2S/c1-5(2)4-8(6)7-3/h4H2,1-3H3. The van der Waals surface area contributed by atoms with Crippen molar-refractivity contribution in [3.05, 3.63) is 0 Å². The second-order valence-electron chi connectivity index (χ2n) is 1.68. The fourth-order valence-corrected chi connectivity index (χ4v) is 0.791. The highest BCUT2D eigenvalue weighted by Gasteiger charge is 1.95. The van der Waals surface area contributed by atoms with Crippen molar-refractivity contribution >= 4 is 11.1 Å². The topological polar surface area (TPSA) is 29.5 Å². The van der Waals surface area contributed by atoms with E-state index in [-0.39, 0.29) is 0 Å². The van der Waals surface area contributed by atoms with Crippen LogP contribution in [0.5, 0.6) is 0 Å². The smallest absolute Gasteiger partial charge is 0.169 e. The predicted molar refractivity (Wildman–Crippen MR) is 33.7 cm³/mol. The largest absolute Gasteiger partial charge is 0.296 e. The van der Waals surface area contributed by atoms with Crippen LogP contribution in [0.25, 0.3) is 0 Å². The van der Waals surface area contributed by atoms with Gasteiger partial charge >= 0.3 is 0 Å². The van der Waals surface area contributed by atoms with Crippen LogP contribution in [0.2, 0.25) is 0 Å². The molecule has 0 aliphatic heterocycles. The molecular formula is C4H11NO2S. The van der Waals surface area contributed by atoms with Gasteiger partial charge in [0.05, 0.1) is 7.11 Å². The van der Waals surface area contributed by atoms with Gasteiger partial charge in [0, 0.05) is 0 Å². The summed E-state index contributed by atoms with van der Waals surface area (Å²) in [6.07, 6.45) is 0. The summed E-state index contributed by atoms with van der Waals surface area (Å²) in [7, 11) is 5.12. The van der Waals surface area contributed by atoms with Crippen LogP contribution in [-0.4, -0.2) is 36.2 Å². The zero-order valence-electron chi connectivity index (χ0n) is 5.38. The first-order valence-corrected chi connectivity index (χ1v) is 3.48. The van der Waals surface area contributed by atoms with Crippen LogP contribution in [0.15, 0.2) is 0 Å². The van der Waals surface area contributed by atoms with E-state index < -0.39 is 11.1 Å². The lowest BCUT2D eigenvalue weighted by Gasteiger charge is -2.05. The molecule has 0 aromatic heterocycles. The van der Waals surface area contributed by atoms with Gasteiger partial charge in [-0.1, -0.05) is 0 Å². The number of nitrogens with zero attached hydrogens (tertiary/aromatic N) is 1. The van der Waals surface area contributed by atoms with Crippen molar-refractivity contribution in [1.29, 1.82) is 0 Å². The quantitative estimate of drug-likeness (QED) is 0.540. The van der Waals surface area contributed by atoms with E-state index >= 15 is 0 Å². The van der Waals surface area contributed by atoms with Gasteiger partial charge in [0.1, 0.15) is 5.88 Å². The molecule has 0 heterocycles. The zero-order valence-corrected chi connectivity index (χ0v) is 6.20. The van der Waals surface area contributed by atoms with Crippen LogP contribution in [0.1, 0.15) is 0 Å². The first-order chi connectivity index (χ1) is 3.66. The van der Waals surface area contributed by atoms with Crippen molar-refractivity contribution in [2.75, 3.05) is 27.1 Å². The van der Waals surface area contributed by atoms with E-state index in [2.05, 4.69) is 4.18 Å². The van der Waals surface area contributed by atoms with Gasteiger partial charge in [0.2, 0.25) is 0 Å². The lowest BCUT2D eigenvalue weighted by Crippen LogP contribution is -2.17. The Morgan fingerprint density at radius 2 is 2.12 bits per heavy atom. The maximum atomic E-state index is 10.5. The molecule has 1 atom stereocenters. The van der Waals surface area contributed by atoms with Gasteiger partial charge < -0.3 is 0 Å². The van der Waals surface area contributed by atoms with Crippen LogP contribution in [0, 0.1) is 0 Å². The second-order valence-corrected chi connectivity index (χ2v) is 2.88. The first-order valence-electron chi connectivity index (χ1n) is 2.24. The molecule has 0 rings (SSSR count). The molecule has 0 aromatic rings. The minimum absolute atomic E-state index is 0.469. The van der Waals surface area contributed by atoms with Crippen LogP contribution < -0.4 is 0 Å². The lowest BCUT2D eigenvalue weighted by atomic mass is 11.0. The third-order valence-corrected chi connectivity index (χ3v) is 1.65. The molecule has 0 N–H and O–H groups in total. The highest BCUT2D eigenvalue weighted by atomic mass is 32.2. The van der Waals surface area contributed by atoms with Gasteiger partial charge in [-0.15, -0.1) is 0 Å². The summed E-state index contributed by atoms with van der Waals surface area (Å²) in [5.41, 5.74) is 0. The Hall–Kier alpha value is 0.0700. The summed E-state index contributed by atoms with van der Waals surface area (Å²) in [5, 5.41) is 0. The van der Waals surface area contributed by atoms with Crippen molar-refractivity contribution < 1.29 is 8.39 Å². The van der Waals surface area contributed by atoms with Crippen molar-refractivity contribution in [2.45, 2.75) is 0 Å². The molecule has 0 fully saturated rings. The molecule has 0 radical (unpaired) electrons. The summed E-state index contributed by atoms with van der Waals surface area (Å²) in [6.45, 7) is 0. The minimum Gasteiger partial charge on any atom is -0.296 e. The molecule has 0 bridgehead atoms. The maximum absolute atomic E-state index is 10.5. The molecule has 0 amide bonds. The molecular weight excluding hydrogens is 126 g/mol. The molecule has 8 heavy (non-hydrogen) atoms. The van der Waals surface area contributed by atoms with Crippen molar-refractivity contribution in [3.8, 4) is 0 Å². The Kier molecular flexibility index (Phi) is 4.03. The Bertz CT molecular complexity index is 84.1. The Morgan fingerprint density at radius 3 is 2.25 bits per heavy atom. The average Bonchev–Trinajstić information content (AvgIpc) is 1.65. The average molecular weight is 137 g/mol. The van der Waals surface area contributed by atoms with Gasteiger partial charge in [0.15, 0.2) is 11.1 Å². The van der Waals surface area contributed by atoms with Gasteiger partial charge in [-0.2, -0.15) is 0 Å². The van der Waals surface area contributed by atoms with Crippen molar-refractivity contribution in [1.82, 2.24) is 4.90 Å². The highest BCUT2D eigenvalue weighted by molar-refractivity contribution is 7.80. The Morgan fingerprint density at radius 1 is 1.62 bits per heavy atom. The number of hydrogen-bond acceptors (Lipinski definition) is 3. The molecule has 0 saturated carbocycles. The summed E-state index contributed by atoms with van der Waals surface area (Å²) in [6, 6.07) is 0. The minimum atomic E-state index is -1.13. The monoisotopic (exact) mass is 137 g/mol. The SMILES string of the molecule is COS(=O)CN(C)C. The molecule has 3 nitrogen and oxygen atoms in total. The number of rotatable bonds is 3. The highest BCUT2D eigenvalue weighted by Crippen LogP contribution is 1.82. The van der Waals surface area contributed by atoms with Crippen molar-refractivity contribution in [3.63, 3.8) is 0 Å². The normalized spacial score (nSPS) is 14.5. The number of hydrogen-bond donors (Lipinski definition) is 0. The summed E-state index contributed by atoms with van der Waals surface area (Å²) < 4.78 is 15.0. The summed E-state index contributed by atoms with van der Waals surface area (Å²) >= 11 is -1.13. The fourth-order valence-electron chi connectivity index (χ4n) is 0.264. The Labute approximate surface area is 52.3 Å². The van der Waals surface area contributed by atoms with Gasteiger partial charge in [-0.05, 0) is 14.1 Å². The van der Waals surface area contributed by atoms with Gasteiger partial charge in [-0.25, -0.2) is 4.21 Å². The molecule has 0 spiro atoms. The third-order valence-electron chi connectivity index (χ3n) is 0.550. The first kappa shape index (κ1) is 8.07. The fraction of sp³-hybridized carbons (Fsp3) is 1.00. The van der Waals surface area contributed by atoms with E-state index in [0.29, 0.717) is 5.88 Å². The van der Waals surface area contributed by atoms with E-state index in [0.717, 1.165) is 0 Å². The van der Waals surface area contributed by atoms with Gasteiger partial charge in [-0.3, -0.25) is 9.08 Å². The zero-order chi connectivity index (χ0) is 6.57. The van der Waals surface area contributed by atoms with E-state index in [4.69, 9.17) is 0 Å². The van der Waals surface area contributed by atoms with E-state index in [9.17, 15) is 4.21 Å². The maximum Gasteiger partial charge on any atom is 0.169 e. The summed E-state index contributed by atoms with van der Waals surface area (Å²) in [4.78, 5) is 1.81. The predicted octanol–water partition coefficient (Wildman–Crippen LogP) is -0.184. The van der Waals surface area contributed by atoms with Crippen LogP contribution >= 0.6 is 0 Å². The summed E-state index contributed by atoms with van der Waals surface area (Å²) in [5.74, 6) is 0.469. The van der Waals surface area contributed by atoms with E-state index in [1.807, 2.05) is 14.1 Å². The van der Waals surface area contributed by atoms with Crippen LogP contribution in [0.3, 0.4) is 0 Å². The molecule has 0 saturated heterocycles. The van der Waals surface area contributed by atoms with E-state index in [1.54, 1.807) is 4.90 Å². The Balaban J connectivity index is 3.25. The molecule has 0 aliphatic rings. The van der Waals surface area contributed by atoms with Gasteiger partial charge in [0.25, 0.3) is 0 Å². The van der Waals surface area contributed by atoms with E-state index in [1.165, 1.54) is 7.11 Å². The molecule has 1 unspecified atom stereocenters. The molecule has 0 aromatic carbocycles. The molecule has 50 valence electrons. The van der Waals surface area contributed by atoms with Crippen LogP contribution in [-0.2, 0) is 15.3 Å².